The van der Waals surface area contributed by atoms with Gasteiger partial charge < -0.3 is 15.4 Å². The molecule has 28 heavy (non-hydrogen) atoms. The van der Waals surface area contributed by atoms with Crippen molar-refractivity contribution in [3.63, 3.8) is 0 Å². The van der Waals surface area contributed by atoms with Crippen LogP contribution in [0.4, 0.5) is 11.4 Å². The second-order valence-electron chi connectivity index (χ2n) is 6.05. The number of aryl methyl sites for hydroxylation is 1. The molecule has 0 saturated heterocycles. The molecule has 0 radical (unpaired) electrons. The van der Waals surface area contributed by atoms with Gasteiger partial charge in [0, 0.05) is 22.5 Å². The molecule has 0 spiro atoms. The first-order valence-corrected chi connectivity index (χ1v) is 8.83. The van der Waals surface area contributed by atoms with E-state index in [-0.39, 0.29) is 11.6 Å². The number of carbonyl (C=O) groups excluding carboxylic acids is 2. The number of halogens is 1. The lowest BCUT2D eigenvalue weighted by Gasteiger charge is -2.11. The molecule has 0 unspecified atom stereocenters. The minimum atomic E-state index is -0.426. The Bertz CT molecular complexity index is 1020. The zero-order valence-corrected chi connectivity index (χ0v) is 16.1. The number of pyridine rings is 1. The highest BCUT2D eigenvalue weighted by Gasteiger charge is 2.14. The Labute approximate surface area is 167 Å². The predicted molar refractivity (Wildman–Crippen MR) is 109 cm³/mol. The van der Waals surface area contributed by atoms with E-state index in [1.165, 1.54) is 25.4 Å². The van der Waals surface area contributed by atoms with E-state index in [1.807, 2.05) is 19.1 Å². The third-order valence-electron chi connectivity index (χ3n) is 3.96. The van der Waals surface area contributed by atoms with E-state index in [4.69, 9.17) is 16.3 Å². The van der Waals surface area contributed by atoms with Crippen LogP contribution >= 0.6 is 11.6 Å². The number of hydrogen-bond acceptors (Lipinski definition) is 4. The lowest BCUT2D eigenvalue weighted by Crippen LogP contribution is -2.17. The first-order chi connectivity index (χ1) is 13.5. The molecule has 3 rings (SSSR count). The molecule has 0 bridgehead atoms. The third-order valence-corrected chi connectivity index (χ3v) is 4.21. The van der Waals surface area contributed by atoms with Crippen LogP contribution in [-0.2, 0) is 0 Å². The number of rotatable bonds is 5. The Balaban J connectivity index is 1.77. The third kappa shape index (κ3) is 4.66. The quantitative estimate of drug-likeness (QED) is 0.663. The summed E-state index contributed by atoms with van der Waals surface area (Å²) in [5.41, 5.74) is 2.54. The number of methoxy groups -OCH3 is 1. The molecule has 1 aromatic heterocycles. The maximum absolute atomic E-state index is 12.6. The number of amides is 2. The van der Waals surface area contributed by atoms with Crippen LogP contribution in [0, 0.1) is 6.92 Å². The van der Waals surface area contributed by atoms with Crippen molar-refractivity contribution in [2.75, 3.05) is 17.7 Å². The van der Waals surface area contributed by atoms with E-state index < -0.39 is 5.91 Å². The van der Waals surface area contributed by atoms with Crippen molar-refractivity contribution in [3.05, 3.63) is 82.6 Å². The van der Waals surface area contributed by atoms with Gasteiger partial charge in [-0.25, -0.2) is 0 Å². The maximum atomic E-state index is 12.6. The fourth-order valence-electron chi connectivity index (χ4n) is 2.54. The van der Waals surface area contributed by atoms with E-state index in [1.54, 1.807) is 30.3 Å². The summed E-state index contributed by atoms with van der Waals surface area (Å²) in [6.07, 6.45) is 1.42. The summed E-state index contributed by atoms with van der Waals surface area (Å²) in [6, 6.07) is 15.2. The van der Waals surface area contributed by atoms with Gasteiger partial charge in [-0.1, -0.05) is 17.7 Å². The molecular formula is C21H18ClN3O3. The first kappa shape index (κ1) is 19.4. The van der Waals surface area contributed by atoms with Crippen molar-refractivity contribution in [1.29, 1.82) is 0 Å². The van der Waals surface area contributed by atoms with Crippen LogP contribution in [0.3, 0.4) is 0 Å². The average Bonchev–Trinajstić information content (AvgIpc) is 2.70. The molecule has 0 atom stereocenters. The van der Waals surface area contributed by atoms with Crippen molar-refractivity contribution in [1.82, 2.24) is 4.98 Å². The molecule has 2 aromatic carbocycles. The van der Waals surface area contributed by atoms with Gasteiger partial charge in [0.15, 0.2) is 0 Å². The summed E-state index contributed by atoms with van der Waals surface area (Å²) in [4.78, 5) is 29.1. The molecule has 0 aliphatic carbocycles. The van der Waals surface area contributed by atoms with Crippen LogP contribution in [-0.4, -0.2) is 23.9 Å². The van der Waals surface area contributed by atoms with Gasteiger partial charge in [-0.2, -0.15) is 0 Å². The standard InChI is InChI=1S/C21H18ClN3O3/c1-13-3-8-19(28-2)17(11-13)25-20(26)14-9-10-23-18(12-14)21(27)24-16-6-4-15(22)5-7-16/h3-12H,1-2H3,(H,24,27)(H,25,26). The summed E-state index contributed by atoms with van der Waals surface area (Å²) in [6.45, 7) is 1.92. The van der Waals surface area contributed by atoms with Gasteiger partial charge in [0.25, 0.3) is 11.8 Å². The summed E-state index contributed by atoms with van der Waals surface area (Å²) in [5.74, 6) is -0.245. The van der Waals surface area contributed by atoms with Gasteiger partial charge in [-0.15, -0.1) is 0 Å². The maximum Gasteiger partial charge on any atom is 0.274 e. The molecular weight excluding hydrogens is 378 g/mol. The van der Waals surface area contributed by atoms with Crippen molar-refractivity contribution in [2.24, 2.45) is 0 Å². The summed E-state index contributed by atoms with van der Waals surface area (Å²) >= 11 is 5.84. The van der Waals surface area contributed by atoms with Gasteiger partial charge in [0.2, 0.25) is 0 Å². The normalized spacial score (nSPS) is 10.2. The molecule has 0 fully saturated rings. The fourth-order valence-corrected chi connectivity index (χ4v) is 2.66. The number of carbonyl (C=O) groups is 2. The minimum absolute atomic E-state index is 0.124. The number of anilines is 2. The molecule has 0 aliphatic heterocycles. The predicted octanol–water partition coefficient (Wildman–Crippen LogP) is 4.56. The largest absolute Gasteiger partial charge is 0.495 e. The smallest absolute Gasteiger partial charge is 0.274 e. The van der Waals surface area contributed by atoms with Crippen molar-refractivity contribution >= 4 is 34.8 Å². The SMILES string of the molecule is COc1ccc(C)cc1NC(=O)c1ccnc(C(=O)Nc2ccc(Cl)cc2)c1. The summed E-state index contributed by atoms with van der Waals surface area (Å²) in [5, 5.41) is 6.09. The van der Waals surface area contributed by atoms with Gasteiger partial charge in [0.05, 0.1) is 12.8 Å². The monoisotopic (exact) mass is 395 g/mol. The highest BCUT2D eigenvalue weighted by molar-refractivity contribution is 6.30. The molecule has 142 valence electrons. The number of nitrogens with one attached hydrogen (secondary N) is 2. The molecule has 1 heterocycles. The van der Waals surface area contributed by atoms with Gasteiger partial charge >= 0.3 is 0 Å². The molecule has 2 amide bonds. The van der Waals surface area contributed by atoms with Crippen LogP contribution in [0.5, 0.6) is 5.75 Å². The second-order valence-corrected chi connectivity index (χ2v) is 6.49. The summed E-state index contributed by atoms with van der Waals surface area (Å²) in [7, 11) is 1.53. The van der Waals surface area contributed by atoms with Crippen LogP contribution in [0.25, 0.3) is 0 Å². The number of aromatic nitrogens is 1. The van der Waals surface area contributed by atoms with Crippen LogP contribution < -0.4 is 15.4 Å². The Kier molecular flexibility index (Phi) is 5.91. The average molecular weight is 396 g/mol. The fraction of sp³-hybridized carbons (Fsp3) is 0.0952. The van der Waals surface area contributed by atoms with Crippen LogP contribution in [0.15, 0.2) is 60.8 Å². The molecule has 0 saturated carbocycles. The van der Waals surface area contributed by atoms with Gasteiger partial charge in [0.1, 0.15) is 11.4 Å². The lowest BCUT2D eigenvalue weighted by atomic mass is 10.1. The van der Waals surface area contributed by atoms with E-state index in [0.29, 0.717) is 27.7 Å². The second kappa shape index (κ2) is 8.54. The highest BCUT2D eigenvalue weighted by Crippen LogP contribution is 2.25. The van der Waals surface area contributed by atoms with Gasteiger partial charge in [-0.05, 0) is 61.0 Å². The lowest BCUT2D eigenvalue weighted by molar-refractivity contribution is 0.102. The van der Waals surface area contributed by atoms with E-state index in [2.05, 4.69) is 15.6 Å². The van der Waals surface area contributed by atoms with Crippen molar-refractivity contribution < 1.29 is 14.3 Å². The number of hydrogen-bond donors (Lipinski definition) is 2. The Morgan fingerprint density at radius 3 is 2.43 bits per heavy atom. The van der Waals surface area contributed by atoms with E-state index in [0.717, 1.165) is 5.56 Å². The van der Waals surface area contributed by atoms with E-state index in [9.17, 15) is 9.59 Å². The van der Waals surface area contributed by atoms with E-state index >= 15 is 0 Å². The Hall–Kier alpha value is -3.38. The number of nitrogens with zero attached hydrogens (tertiary/aromatic N) is 1. The Morgan fingerprint density at radius 2 is 1.71 bits per heavy atom. The molecule has 0 aliphatic rings. The zero-order valence-electron chi connectivity index (χ0n) is 15.3. The number of ether oxygens (including phenoxy) is 1. The first-order valence-electron chi connectivity index (χ1n) is 8.45. The topological polar surface area (TPSA) is 80.3 Å². The van der Waals surface area contributed by atoms with Crippen molar-refractivity contribution in [3.8, 4) is 5.75 Å². The molecule has 7 heteroatoms. The summed E-state index contributed by atoms with van der Waals surface area (Å²) < 4.78 is 5.27. The number of benzene rings is 2. The van der Waals surface area contributed by atoms with Gasteiger partial charge in [-0.3, -0.25) is 14.6 Å². The molecule has 6 nitrogen and oxygen atoms in total. The minimum Gasteiger partial charge on any atom is -0.495 e. The molecule has 3 aromatic rings. The van der Waals surface area contributed by atoms with Crippen molar-refractivity contribution in [2.45, 2.75) is 6.92 Å². The zero-order chi connectivity index (χ0) is 20.1. The Morgan fingerprint density at radius 1 is 0.964 bits per heavy atom. The highest BCUT2D eigenvalue weighted by atomic mass is 35.5. The molecule has 2 N–H and O–H groups in total. The van der Waals surface area contributed by atoms with Crippen LogP contribution in [0.1, 0.15) is 26.4 Å². The van der Waals surface area contributed by atoms with Crippen LogP contribution in [0.2, 0.25) is 5.02 Å².